The zero-order valence-electron chi connectivity index (χ0n) is 15.8. The Morgan fingerprint density at radius 2 is 1.75 bits per heavy atom. The van der Waals surface area contributed by atoms with E-state index in [0.717, 1.165) is 29.9 Å². The van der Waals surface area contributed by atoms with Crippen LogP contribution in [0.15, 0.2) is 85.7 Å². The van der Waals surface area contributed by atoms with Crippen LogP contribution in [0.5, 0.6) is 11.5 Å². The van der Waals surface area contributed by atoms with E-state index < -0.39 is 0 Å². The summed E-state index contributed by atoms with van der Waals surface area (Å²) in [6.45, 7) is 4.40. The minimum Gasteiger partial charge on any atom is -0.457 e. The van der Waals surface area contributed by atoms with Crippen LogP contribution in [0.3, 0.4) is 0 Å². The molecule has 1 saturated heterocycles. The molecule has 0 spiro atoms. The van der Waals surface area contributed by atoms with Gasteiger partial charge in [0, 0.05) is 24.9 Å². The second-order valence-electron chi connectivity index (χ2n) is 7.11. The maximum absolute atomic E-state index is 12.5. The second-order valence-corrected chi connectivity index (χ2v) is 7.11. The summed E-state index contributed by atoms with van der Waals surface area (Å²) < 4.78 is 5.88. The summed E-state index contributed by atoms with van der Waals surface area (Å²) in [4.78, 5) is 17.6. The van der Waals surface area contributed by atoms with Gasteiger partial charge in [-0.3, -0.25) is 4.79 Å². The molecule has 28 heavy (non-hydrogen) atoms. The normalized spacial score (nSPS) is 19.2. The van der Waals surface area contributed by atoms with Crippen LogP contribution >= 0.6 is 0 Å². The van der Waals surface area contributed by atoms with Crippen molar-refractivity contribution in [2.24, 2.45) is 0 Å². The van der Waals surface area contributed by atoms with E-state index in [-0.39, 0.29) is 11.9 Å². The first-order valence-corrected chi connectivity index (χ1v) is 9.63. The Morgan fingerprint density at radius 3 is 2.43 bits per heavy atom. The molecule has 142 valence electrons. The summed E-state index contributed by atoms with van der Waals surface area (Å²) in [5.41, 5.74) is 2.38. The molecule has 0 aliphatic carbocycles. The molecule has 0 saturated carbocycles. The van der Waals surface area contributed by atoms with Crippen molar-refractivity contribution in [1.29, 1.82) is 0 Å². The van der Waals surface area contributed by atoms with Gasteiger partial charge >= 0.3 is 0 Å². The van der Waals surface area contributed by atoms with E-state index >= 15 is 0 Å². The molecule has 1 fully saturated rings. The average Bonchev–Trinajstić information content (AvgIpc) is 3.29. The van der Waals surface area contributed by atoms with E-state index in [4.69, 9.17) is 4.74 Å². The largest absolute Gasteiger partial charge is 0.457 e. The van der Waals surface area contributed by atoms with Gasteiger partial charge in [0.15, 0.2) is 0 Å². The number of aromatic amines is 1. The molecule has 1 N–H and O–H groups in total. The van der Waals surface area contributed by atoms with Crippen LogP contribution in [0.25, 0.3) is 0 Å². The Hall–Kier alpha value is -3.27. The van der Waals surface area contributed by atoms with Crippen molar-refractivity contribution in [3.8, 4) is 11.5 Å². The highest BCUT2D eigenvalue weighted by Gasteiger charge is 2.32. The highest BCUT2D eigenvalue weighted by Crippen LogP contribution is 2.38. The third-order valence-corrected chi connectivity index (χ3v) is 5.38. The fourth-order valence-electron chi connectivity index (χ4n) is 3.92. The Labute approximate surface area is 165 Å². The Kier molecular flexibility index (Phi) is 5.29. The first-order valence-electron chi connectivity index (χ1n) is 9.63. The molecule has 1 amide bonds. The monoisotopic (exact) mass is 372 g/mol. The highest BCUT2D eigenvalue weighted by atomic mass is 16.5. The Morgan fingerprint density at radius 1 is 1.00 bits per heavy atom. The molecule has 0 radical (unpaired) electrons. The van der Waals surface area contributed by atoms with Crippen LogP contribution in [-0.4, -0.2) is 22.3 Å². The van der Waals surface area contributed by atoms with Crippen molar-refractivity contribution in [2.45, 2.75) is 24.8 Å². The van der Waals surface area contributed by atoms with Gasteiger partial charge in [-0.15, -0.1) is 0 Å². The van der Waals surface area contributed by atoms with E-state index in [1.54, 1.807) is 0 Å². The van der Waals surface area contributed by atoms with Crippen LogP contribution in [0, 0.1) is 0 Å². The van der Waals surface area contributed by atoms with Gasteiger partial charge in [0.1, 0.15) is 11.5 Å². The first kappa shape index (κ1) is 18.1. The number of hydrogen-bond donors (Lipinski definition) is 1. The Balaban J connectivity index is 1.51. The first-order chi connectivity index (χ1) is 13.7. The zero-order valence-corrected chi connectivity index (χ0v) is 15.8. The van der Waals surface area contributed by atoms with Crippen molar-refractivity contribution in [2.75, 3.05) is 6.54 Å². The van der Waals surface area contributed by atoms with E-state index in [2.05, 4.69) is 29.8 Å². The maximum atomic E-state index is 12.5. The van der Waals surface area contributed by atoms with Gasteiger partial charge in [0.25, 0.3) is 0 Å². The topological polar surface area (TPSA) is 45.3 Å². The van der Waals surface area contributed by atoms with Gasteiger partial charge in [-0.25, -0.2) is 0 Å². The number of H-pyrrole nitrogens is 1. The molecule has 2 atom stereocenters. The van der Waals surface area contributed by atoms with Crippen molar-refractivity contribution < 1.29 is 9.53 Å². The third kappa shape index (κ3) is 3.86. The van der Waals surface area contributed by atoms with Crippen molar-refractivity contribution >= 4 is 5.91 Å². The zero-order chi connectivity index (χ0) is 19.3. The van der Waals surface area contributed by atoms with Gasteiger partial charge in [0.05, 0.1) is 6.04 Å². The van der Waals surface area contributed by atoms with E-state index in [0.29, 0.717) is 12.5 Å². The van der Waals surface area contributed by atoms with Crippen LogP contribution in [-0.2, 0) is 4.79 Å². The lowest BCUT2D eigenvalue weighted by molar-refractivity contribution is -0.130. The second kappa shape index (κ2) is 8.17. The number of hydrogen-bond acceptors (Lipinski definition) is 2. The van der Waals surface area contributed by atoms with Gasteiger partial charge in [-0.2, -0.15) is 0 Å². The number of piperidine rings is 1. The van der Waals surface area contributed by atoms with Crippen molar-refractivity contribution in [3.63, 3.8) is 0 Å². The Bertz CT molecular complexity index is 917. The number of benzene rings is 2. The smallest absolute Gasteiger partial charge is 0.246 e. The summed E-state index contributed by atoms with van der Waals surface area (Å²) in [6.07, 6.45) is 7.35. The number of para-hydroxylation sites is 1. The molecule has 1 aromatic heterocycles. The summed E-state index contributed by atoms with van der Waals surface area (Å²) in [6, 6.07) is 19.9. The van der Waals surface area contributed by atoms with Gasteiger partial charge < -0.3 is 14.6 Å². The summed E-state index contributed by atoms with van der Waals surface area (Å²) in [5, 5.41) is 0. The summed E-state index contributed by atoms with van der Waals surface area (Å²) >= 11 is 0. The number of nitrogens with zero attached hydrogens (tertiary/aromatic N) is 1. The van der Waals surface area contributed by atoms with Gasteiger partial charge in [0.2, 0.25) is 5.91 Å². The molecule has 4 nitrogen and oxygen atoms in total. The number of carbonyl (C=O) groups is 1. The standard InChI is InChI=1S/C24H24N2O2/c1-2-24(27)26-17-20(19-14-15-25-16-19)10-13-23(26)18-8-11-22(12-9-18)28-21-6-4-3-5-7-21/h2-9,11-12,14-16,20,23,25H,1,10,13,17H2/t20-,23-/m0/s1. The molecule has 0 unspecified atom stereocenters. The fraction of sp³-hybridized carbons (Fsp3) is 0.208. The molecule has 4 rings (SSSR count). The lowest BCUT2D eigenvalue weighted by atomic mass is 9.86. The van der Waals surface area contributed by atoms with Crippen LogP contribution in [0.4, 0.5) is 0 Å². The number of nitrogens with one attached hydrogen (secondary N) is 1. The third-order valence-electron chi connectivity index (χ3n) is 5.38. The molecule has 3 aromatic rings. The molecular weight excluding hydrogens is 348 g/mol. The van der Waals surface area contributed by atoms with Gasteiger partial charge in [-0.05, 0) is 60.4 Å². The van der Waals surface area contributed by atoms with Crippen molar-refractivity contribution in [1.82, 2.24) is 9.88 Å². The summed E-state index contributed by atoms with van der Waals surface area (Å²) in [5.74, 6) is 1.94. The van der Waals surface area contributed by atoms with Gasteiger partial charge in [-0.1, -0.05) is 36.9 Å². The highest BCUT2D eigenvalue weighted by molar-refractivity contribution is 5.87. The minimum absolute atomic E-state index is 0.0187. The summed E-state index contributed by atoms with van der Waals surface area (Å²) in [7, 11) is 0. The molecule has 4 heteroatoms. The molecule has 1 aliphatic rings. The number of ether oxygens (including phenoxy) is 1. The predicted molar refractivity (Wildman–Crippen MR) is 110 cm³/mol. The number of rotatable bonds is 5. The number of aromatic nitrogens is 1. The molecule has 1 aliphatic heterocycles. The number of carbonyl (C=O) groups excluding carboxylic acids is 1. The quantitative estimate of drug-likeness (QED) is 0.606. The van der Waals surface area contributed by atoms with Crippen molar-refractivity contribution in [3.05, 3.63) is 96.8 Å². The van der Waals surface area contributed by atoms with Crippen LogP contribution in [0.1, 0.15) is 35.9 Å². The minimum atomic E-state index is -0.0187. The number of amides is 1. The molecular formula is C24H24N2O2. The van der Waals surface area contributed by atoms with E-state index in [1.165, 1.54) is 11.6 Å². The van der Waals surface area contributed by atoms with E-state index in [1.807, 2.05) is 59.8 Å². The van der Waals surface area contributed by atoms with Crippen LogP contribution in [0.2, 0.25) is 0 Å². The lowest BCUT2D eigenvalue weighted by Crippen LogP contribution is -2.40. The molecule has 2 heterocycles. The SMILES string of the molecule is C=CC(=O)N1C[C@@H](c2cc[nH]c2)CC[C@H]1c1ccc(Oc2ccccc2)cc1. The van der Waals surface area contributed by atoms with Crippen LogP contribution < -0.4 is 4.74 Å². The fourth-order valence-corrected chi connectivity index (χ4v) is 3.92. The predicted octanol–water partition coefficient (Wildman–Crippen LogP) is 5.44. The molecule has 2 aromatic carbocycles. The average molecular weight is 372 g/mol. The van der Waals surface area contributed by atoms with E-state index in [9.17, 15) is 4.79 Å². The maximum Gasteiger partial charge on any atom is 0.246 e. The lowest BCUT2D eigenvalue weighted by Gasteiger charge is -2.39. The number of likely N-dealkylation sites (tertiary alicyclic amines) is 1. The molecule has 0 bridgehead atoms.